The molecule has 2 atom stereocenters. The second-order valence-electron chi connectivity index (χ2n) is 7.33. The number of amides is 1. The fourth-order valence-corrected chi connectivity index (χ4v) is 3.98. The molecule has 0 spiro atoms. The lowest BCUT2D eigenvalue weighted by Gasteiger charge is -2.33. The van der Waals surface area contributed by atoms with Crippen LogP contribution in [0.15, 0.2) is 12.7 Å². The van der Waals surface area contributed by atoms with Crippen LogP contribution in [0.5, 0.6) is 0 Å². The summed E-state index contributed by atoms with van der Waals surface area (Å²) in [6, 6.07) is 0. The van der Waals surface area contributed by atoms with E-state index in [-0.39, 0.29) is 0 Å². The summed E-state index contributed by atoms with van der Waals surface area (Å²) in [6.45, 7) is 9.71. The first-order valence-corrected chi connectivity index (χ1v) is 8.65. The number of carbonyl (C=O) groups excluding carboxylic acids is 1. The van der Waals surface area contributed by atoms with Crippen molar-refractivity contribution in [3.8, 4) is 0 Å². The van der Waals surface area contributed by atoms with Crippen LogP contribution >= 0.6 is 0 Å². The molecular weight excluding hydrogens is 260 g/mol. The number of hydrogen-bond donors (Lipinski definition) is 0. The lowest BCUT2D eigenvalue weighted by atomic mass is 9.93. The molecule has 1 saturated carbocycles. The molecule has 120 valence electrons. The van der Waals surface area contributed by atoms with E-state index in [9.17, 15) is 4.79 Å². The Hall–Kier alpha value is -0.830. The lowest BCUT2D eigenvalue weighted by Crippen LogP contribution is -2.44. The quantitative estimate of drug-likeness (QED) is 0.702. The first-order chi connectivity index (χ1) is 10.1. The monoisotopic (exact) mass is 292 g/mol. The lowest BCUT2D eigenvalue weighted by molar-refractivity contribution is -0.133. The van der Waals surface area contributed by atoms with Crippen LogP contribution in [-0.2, 0) is 4.79 Å². The topological polar surface area (TPSA) is 23.6 Å². The maximum atomic E-state index is 12.4. The van der Waals surface area contributed by atoms with Gasteiger partial charge in [0.2, 0.25) is 5.91 Å². The zero-order valence-corrected chi connectivity index (χ0v) is 13.9. The van der Waals surface area contributed by atoms with E-state index in [0.29, 0.717) is 12.5 Å². The van der Waals surface area contributed by atoms with Gasteiger partial charge in [-0.25, -0.2) is 0 Å². The molecule has 0 aromatic rings. The van der Waals surface area contributed by atoms with Crippen molar-refractivity contribution in [1.29, 1.82) is 0 Å². The van der Waals surface area contributed by atoms with Gasteiger partial charge in [0, 0.05) is 19.6 Å². The van der Waals surface area contributed by atoms with Crippen molar-refractivity contribution in [2.45, 2.75) is 45.4 Å². The largest absolute Gasteiger partial charge is 0.342 e. The number of likely N-dealkylation sites (tertiary alicyclic amines) is 1. The van der Waals surface area contributed by atoms with Gasteiger partial charge in [-0.05, 0) is 56.9 Å². The molecule has 21 heavy (non-hydrogen) atoms. The summed E-state index contributed by atoms with van der Waals surface area (Å²) in [7, 11) is 2.10. The summed E-state index contributed by atoms with van der Waals surface area (Å²) in [5.41, 5.74) is 0. The van der Waals surface area contributed by atoms with Gasteiger partial charge in [-0.15, -0.1) is 6.58 Å². The molecule has 2 aliphatic rings. The van der Waals surface area contributed by atoms with Crippen molar-refractivity contribution in [1.82, 2.24) is 9.80 Å². The second-order valence-corrected chi connectivity index (χ2v) is 7.33. The Labute approximate surface area is 130 Å². The van der Waals surface area contributed by atoms with Gasteiger partial charge in [0.15, 0.2) is 0 Å². The first-order valence-electron chi connectivity index (χ1n) is 8.65. The van der Waals surface area contributed by atoms with E-state index in [4.69, 9.17) is 0 Å². The summed E-state index contributed by atoms with van der Waals surface area (Å²) < 4.78 is 0. The number of carbonyl (C=O) groups is 1. The Bertz CT molecular complexity index is 347. The van der Waals surface area contributed by atoms with Gasteiger partial charge in [0.1, 0.15) is 0 Å². The van der Waals surface area contributed by atoms with Crippen molar-refractivity contribution in [3.63, 3.8) is 0 Å². The summed E-state index contributed by atoms with van der Waals surface area (Å²) >= 11 is 0. The molecule has 0 N–H and O–H groups in total. The molecule has 0 bridgehead atoms. The second kappa shape index (κ2) is 7.98. The SMILES string of the molecule is C=CCC1CCN(C(=O)CN(C)CC2CCC(C)C2)CC1. The standard InChI is InChI=1S/C18H32N2O/c1-4-5-16-8-10-20(11-9-16)18(21)14-19(3)13-17-7-6-15(2)12-17/h4,15-17H,1,5-14H2,2-3H3. The third-order valence-corrected chi connectivity index (χ3v) is 5.25. The van der Waals surface area contributed by atoms with Crippen molar-refractivity contribution in [3.05, 3.63) is 12.7 Å². The highest BCUT2D eigenvalue weighted by Crippen LogP contribution is 2.30. The third kappa shape index (κ3) is 5.14. The van der Waals surface area contributed by atoms with E-state index in [0.717, 1.165) is 56.7 Å². The zero-order chi connectivity index (χ0) is 15.2. The average molecular weight is 292 g/mol. The molecule has 0 aromatic carbocycles. The smallest absolute Gasteiger partial charge is 0.236 e. The Morgan fingerprint density at radius 2 is 1.95 bits per heavy atom. The van der Waals surface area contributed by atoms with Crippen LogP contribution in [0, 0.1) is 17.8 Å². The maximum absolute atomic E-state index is 12.4. The van der Waals surface area contributed by atoms with Gasteiger partial charge < -0.3 is 4.90 Å². The number of nitrogens with zero attached hydrogens (tertiary/aromatic N) is 2. The van der Waals surface area contributed by atoms with Gasteiger partial charge in [-0.1, -0.05) is 19.4 Å². The number of hydrogen-bond acceptors (Lipinski definition) is 2. The van der Waals surface area contributed by atoms with Crippen LogP contribution in [-0.4, -0.2) is 48.9 Å². The van der Waals surface area contributed by atoms with E-state index >= 15 is 0 Å². The van der Waals surface area contributed by atoms with Gasteiger partial charge in [-0.3, -0.25) is 9.69 Å². The molecule has 3 heteroatoms. The van der Waals surface area contributed by atoms with E-state index in [1.807, 2.05) is 6.08 Å². The Morgan fingerprint density at radius 1 is 1.24 bits per heavy atom. The minimum Gasteiger partial charge on any atom is -0.342 e. The highest BCUT2D eigenvalue weighted by Gasteiger charge is 2.25. The summed E-state index contributed by atoms with van der Waals surface area (Å²) in [5.74, 6) is 2.74. The molecule has 2 rings (SSSR count). The van der Waals surface area contributed by atoms with Gasteiger partial charge in [-0.2, -0.15) is 0 Å². The van der Waals surface area contributed by atoms with Crippen molar-refractivity contribution >= 4 is 5.91 Å². The number of allylic oxidation sites excluding steroid dienone is 1. The summed E-state index contributed by atoms with van der Waals surface area (Å²) in [6.07, 6.45) is 9.44. The van der Waals surface area contributed by atoms with Gasteiger partial charge >= 0.3 is 0 Å². The third-order valence-electron chi connectivity index (χ3n) is 5.25. The molecule has 0 aromatic heterocycles. The summed E-state index contributed by atoms with van der Waals surface area (Å²) in [4.78, 5) is 16.7. The number of likely N-dealkylation sites (N-methyl/N-ethyl adjacent to an activating group) is 1. The molecular formula is C18H32N2O. The molecule has 3 nitrogen and oxygen atoms in total. The van der Waals surface area contributed by atoms with Crippen LogP contribution < -0.4 is 0 Å². The minimum absolute atomic E-state index is 0.320. The van der Waals surface area contributed by atoms with Crippen LogP contribution in [0.2, 0.25) is 0 Å². The van der Waals surface area contributed by atoms with Crippen molar-refractivity contribution < 1.29 is 4.79 Å². The molecule has 2 fully saturated rings. The molecule has 1 saturated heterocycles. The predicted octanol–water partition coefficient (Wildman–Crippen LogP) is 3.17. The van der Waals surface area contributed by atoms with Crippen LogP contribution in [0.3, 0.4) is 0 Å². The number of rotatable bonds is 6. The van der Waals surface area contributed by atoms with E-state index in [1.54, 1.807) is 0 Å². The molecule has 2 unspecified atom stereocenters. The predicted molar refractivity (Wildman–Crippen MR) is 88.1 cm³/mol. The van der Waals surface area contributed by atoms with Gasteiger partial charge in [0.25, 0.3) is 0 Å². The van der Waals surface area contributed by atoms with Crippen molar-refractivity contribution in [2.24, 2.45) is 17.8 Å². The molecule has 0 radical (unpaired) electrons. The highest BCUT2D eigenvalue weighted by atomic mass is 16.2. The fraction of sp³-hybridized carbons (Fsp3) is 0.833. The average Bonchev–Trinajstić information content (AvgIpc) is 2.85. The molecule has 1 heterocycles. The molecule has 1 aliphatic heterocycles. The Kier molecular flexibility index (Phi) is 6.28. The molecule has 1 aliphatic carbocycles. The van der Waals surface area contributed by atoms with Crippen molar-refractivity contribution in [2.75, 3.05) is 33.2 Å². The molecule has 1 amide bonds. The van der Waals surface area contributed by atoms with Crippen LogP contribution in [0.1, 0.15) is 45.4 Å². The van der Waals surface area contributed by atoms with E-state index < -0.39 is 0 Å². The number of piperidine rings is 1. The maximum Gasteiger partial charge on any atom is 0.236 e. The zero-order valence-electron chi connectivity index (χ0n) is 13.9. The summed E-state index contributed by atoms with van der Waals surface area (Å²) in [5, 5.41) is 0. The first kappa shape index (κ1) is 16.5. The van der Waals surface area contributed by atoms with Crippen LogP contribution in [0.4, 0.5) is 0 Å². The van der Waals surface area contributed by atoms with Crippen LogP contribution in [0.25, 0.3) is 0 Å². The van der Waals surface area contributed by atoms with Gasteiger partial charge in [0.05, 0.1) is 6.54 Å². The Balaban J connectivity index is 1.68. The normalized spacial score (nSPS) is 27.3. The minimum atomic E-state index is 0.320. The highest BCUT2D eigenvalue weighted by molar-refractivity contribution is 5.78. The Morgan fingerprint density at radius 3 is 2.52 bits per heavy atom. The van der Waals surface area contributed by atoms with E-state index in [1.165, 1.54) is 19.3 Å². The fourth-order valence-electron chi connectivity index (χ4n) is 3.98. The van der Waals surface area contributed by atoms with E-state index in [2.05, 4.69) is 30.4 Å².